The molecule has 0 unspecified atom stereocenters. The van der Waals surface area contributed by atoms with Gasteiger partial charge >= 0.3 is 0 Å². The Kier molecular flexibility index (Phi) is 13.2. The zero-order valence-corrected chi connectivity index (χ0v) is 17.1. The summed E-state index contributed by atoms with van der Waals surface area (Å²) in [6.45, 7) is 6.70. The lowest BCUT2D eigenvalue weighted by Gasteiger charge is -2.20. The number of hydrogen-bond donors (Lipinski definition) is 2. The fourth-order valence-corrected chi connectivity index (χ4v) is 2.91. The van der Waals surface area contributed by atoms with Gasteiger partial charge in [0.2, 0.25) is 5.88 Å². The maximum Gasteiger partial charge on any atom is 0.272 e. The van der Waals surface area contributed by atoms with Gasteiger partial charge in [-0.25, -0.2) is 8.78 Å². The highest BCUT2D eigenvalue weighted by Crippen LogP contribution is 2.27. The Labute approximate surface area is 161 Å². The van der Waals surface area contributed by atoms with E-state index in [2.05, 4.69) is 16.6 Å². The van der Waals surface area contributed by atoms with E-state index in [0.29, 0.717) is 0 Å². The van der Waals surface area contributed by atoms with E-state index in [4.69, 9.17) is 11.5 Å². The van der Waals surface area contributed by atoms with Crippen molar-refractivity contribution in [1.29, 1.82) is 0 Å². The van der Waals surface area contributed by atoms with Crippen LogP contribution >= 0.6 is 0 Å². The number of aromatic nitrogens is 1. The molecule has 5 nitrogen and oxygen atoms in total. The molecule has 4 N–H and O–H groups in total. The number of anilines is 2. The number of nitrogens with two attached hydrogens (primary N) is 2. The first-order chi connectivity index (χ1) is 12.8. The lowest BCUT2D eigenvalue weighted by molar-refractivity contribution is 0.0780. The van der Waals surface area contributed by atoms with Crippen LogP contribution in [-0.4, -0.2) is 23.8 Å². The Hall–Kier alpha value is -1.92. The number of Topliss-reactive ketones (excluding diaryl/α,β-unsaturated/α-hetero) is 1. The molecule has 27 heavy (non-hydrogen) atoms. The van der Waals surface area contributed by atoms with Crippen LogP contribution < -0.4 is 16.2 Å². The second-order valence-corrected chi connectivity index (χ2v) is 6.37. The number of ketones is 1. The van der Waals surface area contributed by atoms with E-state index in [0.717, 1.165) is 5.92 Å². The molecule has 0 saturated heterocycles. The molecule has 2 rings (SSSR count). The summed E-state index contributed by atoms with van der Waals surface area (Å²) in [6.07, 6.45) is 7.78. The minimum atomic E-state index is -2.65. The molecule has 0 spiro atoms. The van der Waals surface area contributed by atoms with Crippen LogP contribution in [0.15, 0.2) is 6.07 Å². The fraction of sp³-hybridized carbons (Fsp3) is 0.700. The normalized spacial score (nSPS) is 13.9. The molecule has 0 aromatic carbocycles. The summed E-state index contributed by atoms with van der Waals surface area (Å²) < 4.78 is 28.6. The van der Waals surface area contributed by atoms with Crippen molar-refractivity contribution in [3.63, 3.8) is 0 Å². The van der Waals surface area contributed by atoms with Gasteiger partial charge in [-0.05, 0) is 18.9 Å². The van der Waals surface area contributed by atoms with Crippen molar-refractivity contribution in [2.75, 3.05) is 18.1 Å². The van der Waals surface area contributed by atoms with E-state index in [9.17, 15) is 13.6 Å². The topological polar surface area (TPSA) is 91.2 Å². The van der Waals surface area contributed by atoms with E-state index in [1.54, 1.807) is 0 Å². The number of halogens is 2. The molecule has 7 heteroatoms. The summed E-state index contributed by atoms with van der Waals surface area (Å²) in [7, 11) is 0. The number of nitrogens with zero attached hydrogens (tertiary/aromatic N) is 1. The molecule has 0 bridgehead atoms. The number of alkyl halides is 2. The fourth-order valence-electron chi connectivity index (χ4n) is 2.91. The first-order valence-corrected chi connectivity index (χ1v) is 9.83. The molecule has 1 aliphatic carbocycles. The highest BCUT2D eigenvalue weighted by molar-refractivity contribution is 5.97. The van der Waals surface area contributed by atoms with Gasteiger partial charge < -0.3 is 16.2 Å². The molecule has 1 aromatic heterocycles. The van der Waals surface area contributed by atoms with E-state index >= 15 is 0 Å². The van der Waals surface area contributed by atoms with Gasteiger partial charge in [-0.2, -0.15) is 4.98 Å². The van der Waals surface area contributed by atoms with E-state index < -0.39 is 13.0 Å². The van der Waals surface area contributed by atoms with Crippen LogP contribution in [0.3, 0.4) is 0 Å². The average Bonchev–Trinajstić information content (AvgIpc) is 2.65. The Balaban J connectivity index is 0.000000519. The molecule has 0 radical (unpaired) electrons. The minimum Gasteiger partial charge on any atom is -0.471 e. The van der Waals surface area contributed by atoms with E-state index in [1.807, 2.05) is 13.8 Å². The second-order valence-electron chi connectivity index (χ2n) is 6.37. The smallest absolute Gasteiger partial charge is 0.272 e. The summed E-state index contributed by atoms with van der Waals surface area (Å²) in [6, 6.07) is 1.26. The standard InChI is InChI=1S/C9H11F2N3O2.C9H18.C2H6/c1-4(15)5-2-6(12)8(13)14-9(5)16-3-7(10)11;1-2-6-9-7-4-3-5-8-9;1-2/h2,7H,3,12H2,1H3,(H2,13,14);9H,2-8H2,1H3;1-2H3. The van der Waals surface area contributed by atoms with Crippen LogP contribution in [-0.2, 0) is 0 Å². The van der Waals surface area contributed by atoms with Crippen LogP contribution in [0.4, 0.5) is 20.3 Å². The third-order valence-electron chi connectivity index (χ3n) is 4.20. The van der Waals surface area contributed by atoms with E-state index in [1.165, 1.54) is 57.9 Å². The monoisotopic (exact) mass is 387 g/mol. The third kappa shape index (κ3) is 10.1. The Morgan fingerprint density at radius 2 is 1.85 bits per heavy atom. The molecule has 0 aliphatic heterocycles. The van der Waals surface area contributed by atoms with Gasteiger partial charge in [-0.3, -0.25) is 4.79 Å². The van der Waals surface area contributed by atoms with Crippen molar-refractivity contribution >= 4 is 17.3 Å². The van der Waals surface area contributed by atoms with E-state index in [-0.39, 0.29) is 28.7 Å². The SMILES string of the molecule is CC.CC(=O)c1cc(N)c(N)nc1OCC(F)F.CCCC1CCCCC1. The quantitative estimate of drug-likeness (QED) is 0.630. The Morgan fingerprint density at radius 1 is 1.26 bits per heavy atom. The first kappa shape index (κ1) is 25.1. The van der Waals surface area contributed by atoms with Crippen molar-refractivity contribution in [3.8, 4) is 5.88 Å². The van der Waals surface area contributed by atoms with Gasteiger partial charge in [0.25, 0.3) is 6.43 Å². The summed E-state index contributed by atoms with van der Waals surface area (Å²) in [5.41, 5.74) is 11.0. The molecule has 1 aliphatic rings. The molecule has 1 saturated carbocycles. The highest BCUT2D eigenvalue weighted by Gasteiger charge is 2.15. The molecule has 1 aromatic rings. The summed E-state index contributed by atoms with van der Waals surface area (Å²) in [5.74, 6) is 0.431. The molecule has 156 valence electrons. The minimum absolute atomic E-state index is 0.0346. The van der Waals surface area contributed by atoms with Crippen molar-refractivity contribution in [1.82, 2.24) is 4.98 Å². The predicted molar refractivity (Wildman–Crippen MR) is 107 cm³/mol. The molecule has 0 atom stereocenters. The lowest BCUT2D eigenvalue weighted by Crippen LogP contribution is -2.12. The summed E-state index contributed by atoms with van der Waals surface area (Å²) in [5, 5.41) is 0. The van der Waals surface area contributed by atoms with Crippen molar-refractivity contribution in [2.24, 2.45) is 5.92 Å². The van der Waals surface area contributed by atoms with Crippen molar-refractivity contribution in [3.05, 3.63) is 11.6 Å². The second kappa shape index (κ2) is 14.2. The van der Waals surface area contributed by atoms with Gasteiger partial charge in [0.1, 0.15) is 0 Å². The third-order valence-corrected chi connectivity index (χ3v) is 4.20. The number of nitrogen functional groups attached to an aromatic ring is 2. The van der Waals surface area contributed by atoms with Crippen LogP contribution in [0.1, 0.15) is 83.0 Å². The number of carbonyl (C=O) groups is 1. The van der Waals surface area contributed by atoms with Gasteiger partial charge in [0.15, 0.2) is 18.2 Å². The Morgan fingerprint density at radius 3 is 2.33 bits per heavy atom. The first-order valence-electron chi connectivity index (χ1n) is 9.83. The number of ether oxygens (including phenoxy) is 1. The Bertz CT molecular complexity index is 546. The average molecular weight is 388 g/mol. The zero-order valence-electron chi connectivity index (χ0n) is 17.1. The molecule has 1 heterocycles. The van der Waals surface area contributed by atoms with Crippen LogP contribution in [0.5, 0.6) is 5.88 Å². The van der Waals surface area contributed by atoms with Gasteiger partial charge in [0.05, 0.1) is 11.3 Å². The van der Waals surface area contributed by atoms with Gasteiger partial charge in [-0.1, -0.05) is 65.7 Å². The predicted octanol–water partition coefficient (Wildman–Crippen LogP) is 5.49. The number of pyridine rings is 1. The molecule has 1 fully saturated rings. The molecular weight excluding hydrogens is 352 g/mol. The molecular formula is C20H35F2N3O2. The van der Waals surface area contributed by atoms with Crippen molar-refractivity contribution in [2.45, 2.75) is 79.1 Å². The lowest BCUT2D eigenvalue weighted by atomic mass is 9.86. The number of rotatable bonds is 6. The van der Waals surface area contributed by atoms with Crippen LogP contribution in [0, 0.1) is 5.92 Å². The maximum atomic E-state index is 11.9. The maximum absolute atomic E-state index is 11.9. The van der Waals surface area contributed by atoms with Gasteiger partial charge in [0, 0.05) is 0 Å². The van der Waals surface area contributed by atoms with Crippen LogP contribution in [0.2, 0.25) is 0 Å². The summed E-state index contributed by atoms with van der Waals surface area (Å²) >= 11 is 0. The summed E-state index contributed by atoms with van der Waals surface area (Å²) in [4.78, 5) is 14.8. The highest BCUT2D eigenvalue weighted by atomic mass is 19.3. The molecule has 0 amide bonds. The zero-order chi connectivity index (χ0) is 20.8. The number of hydrogen-bond acceptors (Lipinski definition) is 5. The number of carbonyl (C=O) groups excluding carboxylic acids is 1. The van der Waals surface area contributed by atoms with Crippen molar-refractivity contribution < 1.29 is 18.3 Å². The van der Waals surface area contributed by atoms with Gasteiger partial charge in [-0.15, -0.1) is 0 Å². The van der Waals surface area contributed by atoms with Crippen LogP contribution in [0.25, 0.3) is 0 Å². The largest absolute Gasteiger partial charge is 0.471 e.